The van der Waals surface area contributed by atoms with Crippen LogP contribution in [0.5, 0.6) is 0 Å². The molecule has 0 aliphatic carbocycles. The molecule has 1 heterocycles. The molecule has 0 radical (unpaired) electrons. The van der Waals surface area contributed by atoms with Gasteiger partial charge in [0, 0.05) is 26.6 Å². The van der Waals surface area contributed by atoms with E-state index < -0.39 is 0 Å². The molecule has 0 aromatic carbocycles. The number of ether oxygens (including phenoxy) is 2. The summed E-state index contributed by atoms with van der Waals surface area (Å²) in [6, 6.07) is 0.00359. The molecule has 0 spiro atoms. The molecule has 5 nitrogen and oxygen atoms in total. The van der Waals surface area contributed by atoms with Gasteiger partial charge in [0.25, 0.3) is 0 Å². The maximum atomic E-state index is 11.2. The third-order valence-electron chi connectivity index (χ3n) is 2.26. The Bertz CT molecular complexity index is 229. The Morgan fingerprint density at radius 2 is 2.40 bits per heavy atom. The van der Waals surface area contributed by atoms with Gasteiger partial charge in [-0.25, -0.2) is 0 Å². The molecule has 1 amide bonds. The van der Waals surface area contributed by atoms with Crippen LogP contribution in [0.3, 0.4) is 0 Å². The first kappa shape index (κ1) is 12.0. The minimum absolute atomic E-state index is 0.00359. The molecule has 0 aromatic heterocycles. The van der Waals surface area contributed by atoms with Gasteiger partial charge >= 0.3 is 5.97 Å². The van der Waals surface area contributed by atoms with Gasteiger partial charge in [0.15, 0.2) is 0 Å². The highest BCUT2D eigenvalue weighted by molar-refractivity contribution is 5.78. The number of hydrogen-bond donors (Lipinski definition) is 1. The minimum atomic E-state index is -0.229. The van der Waals surface area contributed by atoms with Gasteiger partial charge in [-0.15, -0.1) is 0 Å². The van der Waals surface area contributed by atoms with E-state index in [1.165, 1.54) is 0 Å². The molecule has 0 bridgehead atoms. The van der Waals surface area contributed by atoms with E-state index in [0.717, 1.165) is 6.42 Å². The van der Waals surface area contributed by atoms with Gasteiger partial charge in [-0.05, 0) is 12.8 Å². The molecule has 1 N–H and O–H groups in total. The van der Waals surface area contributed by atoms with Crippen molar-refractivity contribution in [3.05, 3.63) is 0 Å². The Hall–Kier alpha value is -1.10. The Morgan fingerprint density at radius 3 is 3.00 bits per heavy atom. The lowest BCUT2D eigenvalue weighted by molar-refractivity contribution is -0.144. The Labute approximate surface area is 89.1 Å². The second-order valence-corrected chi connectivity index (χ2v) is 3.58. The van der Waals surface area contributed by atoms with Crippen molar-refractivity contribution < 1.29 is 19.1 Å². The lowest BCUT2D eigenvalue weighted by Crippen LogP contribution is -2.30. The normalized spacial score (nSPS) is 20.1. The monoisotopic (exact) mass is 215 g/mol. The number of carbonyl (C=O) groups excluding carboxylic acids is 2. The maximum Gasteiger partial charge on any atom is 0.305 e. The first-order chi connectivity index (χ1) is 7.22. The summed E-state index contributed by atoms with van der Waals surface area (Å²) in [5.41, 5.74) is 0. The Balaban J connectivity index is 2.03. The molecule has 15 heavy (non-hydrogen) atoms. The average Bonchev–Trinajstić information content (AvgIpc) is 2.62. The predicted octanol–water partition coefficient (Wildman–Crippen LogP) is 0.235. The van der Waals surface area contributed by atoms with Crippen molar-refractivity contribution in [3.8, 4) is 0 Å². The first-order valence-electron chi connectivity index (χ1n) is 5.16. The number of carbonyl (C=O) groups is 2. The third-order valence-corrected chi connectivity index (χ3v) is 2.26. The predicted molar refractivity (Wildman–Crippen MR) is 53.2 cm³/mol. The van der Waals surface area contributed by atoms with Crippen LogP contribution >= 0.6 is 0 Å². The van der Waals surface area contributed by atoms with Crippen molar-refractivity contribution in [3.63, 3.8) is 0 Å². The quantitative estimate of drug-likeness (QED) is 0.509. The van der Waals surface area contributed by atoms with E-state index in [1.807, 2.05) is 0 Å². The fourth-order valence-electron chi connectivity index (χ4n) is 1.43. The highest BCUT2D eigenvalue weighted by atomic mass is 16.5. The summed E-state index contributed by atoms with van der Waals surface area (Å²) in [7, 11) is 1.60. The van der Waals surface area contributed by atoms with Gasteiger partial charge < -0.3 is 14.8 Å². The van der Waals surface area contributed by atoms with Crippen LogP contribution in [0, 0.1) is 0 Å². The van der Waals surface area contributed by atoms with Gasteiger partial charge in [0.2, 0.25) is 5.91 Å². The zero-order chi connectivity index (χ0) is 11.1. The van der Waals surface area contributed by atoms with Crippen LogP contribution in [-0.4, -0.2) is 38.2 Å². The summed E-state index contributed by atoms with van der Waals surface area (Å²) in [5.74, 6) is -0.191. The molecule has 1 saturated heterocycles. The molecule has 0 unspecified atom stereocenters. The van der Waals surface area contributed by atoms with Crippen molar-refractivity contribution in [1.82, 2.24) is 5.32 Å². The smallest absolute Gasteiger partial charge is 0.305 e. The zero-order valence-corrected chi connectivity index (χ0v) is 8.95. The summed E-state index contributed by atoms with van der Waals surface area (Å²) in [6.07, 6.45) is 2.33. The van der Waals surface area contributed by atoms with Gasteiger partial charge in [0.1, 0.15) is 6.61 Å². The molecule has 5 heteroatoms. The van der Waals surface area contributed by atoms with E-state index in [2.05, 4.69) is 5.32 Å². The number of nitrogens with one attached hydrogen (secondary N) is 1. The fraction of sp³-hybridized carbons (Fsp3) is 0.800. The summed E-state index contributed by atoms with van der Waals surface area (Å²) in [4.78, 5) is 22.0. The standard InChI is InChI=1S/C10H17NO4/c1-14-6-2-3-10(13)15-7-8-4-5-9(12)11-8/h8H,2-7H2,1H3,(H,11,12)/t8-/m1/s1. The van der Waals surface area contributed by atoms with Crippen LogP contribution in [0.4, 0.5) is 0 Å². The maximum absolute atomic E-state index is 11.2. The van der Waals surface area contributed by atoms with Crippen molar-refractivity contribution in [2.75, 3.05) is 20.3 Å². The summed E-state index contributed by atoms with van der Waals surface area (Å²) >= 11 is 0. The number of hydrogen-bond acceptors (Lipinski definition) is 4. The molecule has 0 aromatic rings. The summed E-state index contributed by atoms with van der Waals surface area (Å²) in [5, 5.41) is 2.74. The third kappa shape index (κ3) is 4.78. The van der Waals surface area contributed by atoms with Crippen molar-refractivity contribution in [2.24, 2.45) is 0 Å². The van der Waals surface area contributed by atoms with E-state index in [1.54, 1.807) is 7.11 Å². The summed E-state index contributed by atoms with van der Waals surface area (Å²) < 4.78 is 9.83. The van der Waals surface area contributed by atoms with E-state index in [-0.39, 0.29) is 24.5 Å². The lowest BCUT2D eigenvalue weighted by atomic mass is 10.2. The van der Waals surface area contributed by atoms with E-state index >= 15 is 0 Å². The van der Waals surface area contributed by atoms with Gasteiger partial charge in [-0.1, -0.05) is 0 Å². The molecule has 1 aliphatic heterocycles. The largest absolute Gasteiger partial charge is 0.463 e. The van der Waals surface area contributed by atoms with Crippen LogP contribution < -0.4 is 5.32 Å². The highest BCUT2D eigenvalue weighted by Crippen LogP contribution is 2.07. The van der Waals surface area contributed by atoms with Gasteiger partial charge in [0.05, 0.1) is 6.04 Å². The van der Waals surface area contributed by atoms with Crippen LogP contribution in [0.2, 0.25) is 0 Å². The van der Waals surface area contributed by atoms with Gasteiger partial charge in [-0.2, -0.15) is 0 Å². The lowest BCUT2D eigenvalue weighted by Gasteiger charge is -2.10. The molecule has 86 valence electrons. The van der Waals surface area contributed by atoms with Crippen molar-refractivity contribution in [1.29, 1.82) is 0 Å². The topological polar surface area (TPSA) is 64.6 Å². The molecular formula is C10H17NO4. The fourth-order valence-corrected chi connectivity index (χ4v) is 1.43. The molecule has 0 saturated carbocycles. The highest BCUT2D eigenvalue weighted by Gasteiger charge is 2.21. The zero-order valence-electron chi connectivity index (χ0n) is 8.95. The van der Waals surface area contributed by atoms with E-state index in [0.29, 0.717) is 25.9 Å². The molecule has 1 atom stereocenters. The van der Waals surface area contributed by atoms with Crippen molar-refractivity contribution >= 4 is 11.9 Å². The molecule has 1 fully saturated rings. The van der Waals surface area contributed by atoms with Crippen molar-refractivity contribution in [2.45, 2.75) is 31.7 Å². The van der Waals surface area contributed by atoms with Gasteiger partial charge in [-0.3, -0.25) is 9.59 Å². The Kier molecular flexibility index (Phi) is 5.10. The molecule has 1 aliphatic rings. The summed E-state index contributed by atoms with van der Waals surface area (Å²) in [6.45, 7) is 0.854. The Morgan fingerprint density at radius 1 is 1.60 bits per heavy atom. The van der Waals surface area contributed by atoms with Crippen LogP contribution in [0.1, 0.15) is 25.7 Å². The van der Waals surface area contributed by atoms with Crippen LogP contribution in [0.25, 0.3) is 0 Å². The minimum Gasteiger partial charge on any atom is -0.463 e. The number of esters is 1. The number of methoxy groups -OCH3 is 1. The molecular weight excluding hydrogens is 198 g/mol. The second kappa shape index (κ2) is 6.40. The number of rotatable bonds is 6. The van der Waals surface area contributed by atoms with E-state index in [4.69, 9.17) is 9.47 Å². The number of amides is 1. The average molecular weight is 215 g/mol. The van der Waals surface area contributed by atoms with Crippen LogP contribution in [-0.2, 0) is 19.1 Å². The molecule has 1 rings (SSSR count). The van der Waals surface area contributed by atoms with E-state index in [9.17, 15) is 9.59 Å². The first-order valence-corrected chi connectivity index (χ1v) is 5.16. The second-order valence-electron chi connectivity index (χ2n) is 3.58. The van der Waals surface area contributed by atoms with Crippen LogP contribution in [0.15, 0.2) is 0 Å². The SMILES string of the molecule is COCCCC(=O)OC[C@H]1CCC(=O)N1.